The molecule has 0 spiro atoms. The molecule has 0 bridgehead atoms. The van der Waals surface area contributed by atoms with Crippen molar-refractivity contribution >= 4 is 34.9 Å². The molecule has 12 aromatic rings. The first-order valence-corrected chi connectivity index (χ1v) is 34.3. The second-order valence-corrected chi connectivity index (χ2v) is 24.3. The Morgan fingerprint density at radius 2 is 0.708 bits per heavy atom. The lowest BCUT2D eigenvalue weighted by Gasteiger charge is -2.13. The van der Waals surface area contributed by atoms with Crippen LogP contribution in [0.3, 0.4) is 0 Å². The van der Waals surface area contributed by atoms with E-state index < -0.39 is 0 Å². The Balaban J connectivity index is 0.000000178. The highest BCUT2D eigenvalue weighted by atomic mass is 16.5. The van der Waals surface area contributed by atoms with Gasteiger partial charge < -0.3 is 65.3 Å². The van der Waals surface area contributed by atoms with Gasteiger partial charge in [-0.2, -0.15) is 5.10 Å². The van der Waals surface area contributed by atoms with Crippen molar-refractivity contribution in [1.82, 2.24) is 89.9 Å². The first-order valence-electron chi connectivity index (χ1n) is 34.3. The van der Waals surface area contributed by atoms with Crippen molar-refractivity contribution in [2.24, 2.45) is 5.92 Å². The van der Waals surface area contributed by atoms with Gasteiger partial charge in [-0.1, -0.05) is 56.3 Å². The molecule has 11 heterocycles. The van der Waals surface area contributed by atoms with Crippen molar-refractivity contribution in [1.29, 1.82) is 0 Å². The van der Waals surface area contributed by atoms with E-state index in [4.69, 9.17) is 28.4 Å². The Bertz CT molecular complexity index is 4280. The smallest absolute Gasteiger partial charge is 0.180 e. The molecule has 30 nitrogen and oxygen atoms in total. The highest BCUT2D eigenvalue weighted by Gasteiger charge is 2.16. The Kier molecular flexibility index (Phi) is 32.4. The summed E-state index contributed by atoms with van der Waals surface area (Å²) in [6.45, 7) is 24.3. The van der Waals surface area contributed by atoms with E-state index in [-0.39, 0.29) is 24.2 Å². The van der Waals surface area contributed by atoms with Crippen LogP contribution in [-0.4, -0.2) is 170 Å². The minimum absolute atomic E-state index is 0.272. The number of nitrogens with zero attached hydrogens (tertiary/aromatic N) is 16. The van der Waals surface area contributed by atoms with Crippen LogP contribution < -0.4 is 60.3 Å². The van der Waals surface area contributed by atoms with Gasteiger partial charge in [-0.05, 0) is 123 Å². The number of aromatic nitrogens is 18. The fourth-order valence-corrected chi connectivity index (χ4v) is 9.06. The average Bonchev–Trinajstić information content (AvgIpc) is 1.26. The highest BCUT2D eigenvalue weighted by Crippen LogP contribution is 2.30. The van der Waals surface area contributed by atoms with Gasteiger partial charge in [-0.25, -0.2) is 59.8 Å². The summed E-state index contributed by atoms with van der Waals surface area (Å²) in [5.74, 6) is 12.3. The SMILES string of the molecule is CCNc1nc(-c2ccccn2)ncc1OC.COc1cnc(-c2ccc[nH]2)nc1NC(C)C.COc1cnc(-c2ccccc2)nc1NC(C)C.COc1cnc(-c2ccccn2)nc1NCC(C)C.COc1cnc(-c2ccn[nH]2)nc1NC(C)C.COc1cnc(-c2ccncc2)nc1NC(C)C. The summed E-state index contributed by atoms with van der Waals surface area (Å²) in [6, 6.07) is 31.7. The maximum Gasteiger partial charge on any atom is 0.180 e. The van der Waals surface area contributed by atoms with Crippen LogP contribution in [0.2, 0.25) is 0 Å². The molecule has 1 aromatic carbocycles. The Hall–Kier alpha value is -12.8. The van der Waals surface area contributed by atoms with Gasteiger partial charge in [0.1, 0.15) is 17.1 Å². The van der Waals surface area contributed by atoms with Crippen LogP contribution >= 0.6 is 0 Å². The fourth-order valence-electron chi connectivity index (χ4n) is 9.06. The Morgan fingerprint density at radius 1 is 0.340 bits per heavy atom. The topological polar surface area (TPSA) is 365 Å². The molecule has 0 atom stereocenters. The third-order valence-corrected chi connectivity index (χ3v) is 13.9. The first-order chi connectivity index (χ1) is 51.4. The summed E-state index contributed by atoms with van der Waals surface area (Å²) in [5, 5.41) is 26.1. The molecule has 8 N–H and O–H groups in total. The molecule has 11 aromatic heterocycles. The zero-order chi connectivity index (χ0) is 76.2. The molecule has 0 fully saturated rings. The van der Waals surface area contributed by atoms with Gasteiger partial charge in [-0.3, -0.25) is 20.1 Å². The van der Waals surface area contributed by atoms with Gasteiger partial charge in [0.2, 0.25) is 0 Å². The third kappa shape index (κ3) is 25.3. The van der Waals surface area contributed by atoms with E-state index in [2.05, 4.69) is 163 Å². The molecule has 556 valence electrons. The summed E-state index contributed by atoms with van der Waals surface area (Å²) >= 11 is 0. The summed E-state index contributed by atoms with van der Waals surface area (Å²) < 4.78 is 31.4. The van der Waals surface area contributed by atoms with Crippen molar-refractivity contribution in [3.05, 3.63) is 171 Å². The van der Waals surface area contributed by atoms with Crippen molar-refractivity contribution < 1.29 is 28.4 Å². The zero-order valence-electron chi connectivity index (χ0n) is 63.1. The molecule has 0 unspecified atom stereocenters. The molecule has 106 heavy (non-hydrogen) atoms. The number of nitrogens with one attached hydrogen (secondary N) is 8. The van der Waals surface area contributed by atoms with Crippen LogP contribution in [0.1, 0.15) is 76.2 Å². The van der Waals surface area contributed by atoms with Gasteiger partial charge in [0.15, 0.2) is 104 Å². The molecule has 12 rings (SSSR count). The lowest BCUT2D eigenvalue weighted by atomic mass is 10.2. The van der Waals surface area contributed by atoms with Crippen LogP contribution in [0.5, 0.6) is 34.5 Å². The number of hydrogen-bond donors (Lipinski definition) is 8. The van der Waals surface area contributed by atoms with Crippen molar-refractivity contribution in [2.45, 2.75) is 100 Å². The number of pyridine rings is 3. The predicted octanol–water partition coefficient (Wildman–Crippen LogP) is 13.9. The van der Waals surface area contributed by atoms with Crippen molar-refractivity contribution in [2.75, 3.05) is 87.6 Å². The lowest BCUT2D eigenvalue weighted by molar-refractivity contribution is 0.412. The predicted molar refractivity (Wildman–Crippen MR) is 417 cm³/mol. The van der Waals surface area contributed by atoms with Crippen LogP contribution in [0.4, 0.5) is 34.9 Å². The number of benzene rings is 1. The number of H-pyrrole nitrogens is 2. The molecule has 0 aliphatic carbocycles. The molecule has 0 aliphatic rings. The number of hydrogen-bond acceptors (Lipinski definition) is 28. The normalized spacial score (nSPS) is 10.4. The first kappa shape index (κ1) is 80.6. The summed E-state index contributed by atoms with van der Waals surface area (Å²) in [5.41, 5.74) is 5.08. The van der Waals surface area contributed by atoms with Gasteiger partial charge >= 0.3 is 0 Å². The maximum absolute atomic E-state index is 5.26. The molecular formula is C76H96N24O6. The van der Waals surface area contributed by atoms with Crippen molar-refractivity contribution in [3.63, 3.8) is 0 Å². The van der Waals surface area contributed by atoms with Gasteiger partial charge in [0.25, 0.3) is 0 Å². The number of methoxy groups -OCH3 is 6. The van der Waals surface area contributed by atoms with Crippen LogP contribution in [-0.2, 0) is 0 Å². The van der Waals surface area contributed by atoms with Crippen LogP contribution in [0, 0.1) is 5.92 Å². The molecule has 0 saturated carbocycles. The second-order valence-electron chi connectivity index (χ2n) is 24.3. The van der Waals surface area contributed by atoms with Crippen molar-refractivity contribution in [3.8, 4) is 103 Å². The average molecular weight is 1440 g/mol. The standard InChI is InChI=1S/C14H18N4O.C14H17N3O.C13H16N4O.C12H16N4O.C12H14N4O.C11H15N5O/c1-10(2)8-16-14-12(19-3)9-17-13(18-14)11-6-4-5-7-15-11;1-10(2)16-14-12(18-3)9-15-13(17-14)11-7-5-4-6-8-11;1-9(2)16-13-11(18-3)8-15-12(17-13)10-4-6-14-7-5-10;1-8(2)15-12-10(17-3)7-14-11(16-12)9-5-4-6-13-9;1-3-13-12-10(17-2)8-15-11(16-12)9-6-4-5-7-14-9;1-7(2)14-11-9(17-3)6-12-10(15-11)8-4-5-13-16-8/h4-7,9-10H,8H2,1-3H3,(H,16,17,18);4-10H,1-3H3,(H,15,16,17);4-9H,1-3H3,(H,15,16,17);4-8,13H,1-3H3,(H,14,15,16);4-8H,3H2,1-2H3,(H,13,15,16);4-7H,1-3H3,(H,13,16)(H,12,14,15). The molecule has 0 radical (unpaired) electrons. The quantitative estimate of drug-likeness (QED) is 0.0263. The van der Waals surface area contributed by atoms with Gasteiger partial charge in [-0.15, -0.1) is 0 Å². The largest absolute Gasteiger partial charge is 0.491 e. The van der Waals surface area contributed by atoms with E-state index in [0.717, 1.165) is 52.8 Å². The molecular weight excluding hydrogens is 1340 g/mol. The number of aromatic amines is 2. The van der Waals surface area contributed by atoms with E-state index in [1.54, 1.807) is 111 Å². The monoisotopic (exact) mass is 1440 g/mol. The Morgan fingerprint density at radius 3 is 1.07 bits per heavy atom. The highest BCUT2D eigenvalue weighted by molar-refractivity contribution is 5.64. The molecule has 0 aliphatic heterocycles. The fraction of sp³-hybridized carbons (Fsp3) is 0.316. The minimum atomic E-state index is 0.272. The second kappa shape index (κ2) is 42.6. The van der Waals surface area contributed by atoms with E-state index in [9.17, 15) is 0 Å². The maximum atomic E-state index is 5.26. The summed E-state index contributed by atoms with van der Waals surface area (Å²) in [4.78, 5) is 67.8. The molecule has 0 saturated heterocycles. The van der Waals surface area contributed by atoms with E-state index in [0.29, 0.717) is 104 Å². The van der Waals surface area contributed by atoms with Crippen LogP contribution in [0.15, 0.2) is 171 Å². The van der Waals surface area contributed by atoms with E-state index in [1.807, 2.05) is 138 Å². The lowest BCUT2D eigenvalue weighted by Crippen LogP contribution is -2.12. The summed E-state index contributed by atoms with van der Waals surface area (Å²) in [6.07, 6.45) is 20.4. The van der Waals surface area contributed by atoms with Crippen LogP contribution in [0.25, 0.3) is 68.8 Å². The minimum Gasteiger partial charge on any atom is -0.491 e. The number of rotatable bonds is 25. The van der Waals surface area contributed by atoms with Gasteiger partial charge in [0, 0.05) is 85.6 Å². The third-order valence-electron chi connectivity index (χ3n) is 13.9. The number of anilines is 6. The zero-order valence-corrected chi connectivity index (χ0v) is 63.1. The van der Waals surface area contributed by atoms with Gasteiger partial charge in [0.05, 0.1) is 85.5 Å². The summed E-state index contributed by atoms with van der Waals surface area (Å²) in [7, 11) is 9.64. The van der Waals surface area contributed by atoms with E-state index >= 15 is 0 Å². The number of ether oxygens (including phenoxy) is 6. The van der Waals surface area contributed by atoms with E-state index in [1.165, 1.54) is 0 Å². The molecule has 0 amide bonds. The molecule has 30 heteroatoms. The Labute approximate surface area is 619 Å².